The predicted molar refractivity (Wildman–Crippen MR) is 69.3 cm³/mol. The monoisotopic (exact) mass is 388 g/mol. The van der Waals surface area contributed by atoms with Gasteiger partial charge < -0.3 is 0 Å². The van der Waals surface area contributed by atoms with E-state index >= 15 is 0 Å². The third-order valence-electron chi connectivity index (χ3n) is 1.59. The molecule has 12 heavy (non-hydrogen) atoms. The van der Waals surface area contributed by atoms with Gasteiger partial charge >= 0.3 is 0 Å². The Morgan fingerprint density at radius 3 is 2.58 bits per heavy atom. The zero-order valence-corrected chi connectivity index (χ0v) is 11.2. The van der Waals surface area contributed by atoms with Gasteiger partial charge in [0.2, 0.25) is 0 Å². The van der Waals surface area contributed by atoms with Gasteiger partial charge in [-0.3, -0.25) is 4.79 Å². The molecular weight excluding hydrogens is 378 g/mol. The van der Waals surface area contributed by atoms with Crippen LogP contribution in [0.3, 0.4) is 0 Å². The average Bonchev–Trinajstić information content (AvgIpc) is 2.04. The summed E-state index contributed by atoms with van der Waals surface area (Å²) in [5.41, 5.74) is 2.06. The highest BCUT2D eigenvalue weighted by Gasteiger charge is 1.97. The summed E-state index contributed by atoms with van der Waals surface area (Å²) in [5, 5.41) is 0. The average molecular weight is 388 g/mol. The molecule has 66 valence electrons. The highest BCUT2D eigenvalue weighted by atomic mass is 127. The number of rotatable bonds is 2. The number of carbonyl (C=O) groups excluding carboxylic acids is 1. The smallest absolute Gasteiger partial charge is 0.150 e. The van der Waals surface area contributed by atoms with Crippen molar-refractivity contribution < 1.29 is 4.79 Å². The molecule has 0 atom stereocenters. The fraction of sp³-hybridized carbons (Fsp3) is 0.222. The van der Waals surface area contributed by atoms with Crippen LogP contribution in [0.4, 0.5) is 0 Å². The van der Waals surface area contributed by atoms with Gasteiger partial charge in [-0.2, -0.15) is 0 Å². The van der Waals surface area contributed by atoms with Crippen molar-refractivity contribution in [2.75, 3.05) is 0 Å². The van der Waals surface area contributed by atoms with Gasteiger partial charge in [-0.05, 0) is 40.6 Å². The summed E-state index contributed by atoms with van der Waals surface area (Å²) in [7, 11) is 0. The van der Waals surface area contributed by atoms with Crippen LogP contribution >= 0.6 is 46.6 Å². The number of aldehydes is 1. The molecule has 0 amide bonds. The maximum Gasteiger partial charge on any atom is 0.150 e. The SMILES string of the molecule is CCc1ccc(C=O)cc1I.I. The summed E-state index contributed by atoms with van der Waals surface area (Å²) < 4.78 is 1.18. The van der Waals surface area contributed by atoms with Crippen LogP contribution in [-0.2, 0) is 6.42 Å². The second-order valence-electron chi connectivity index (χ2n) is 2.32. The zero-order chi connectivity index (χ0) is 8.27. The van der Waals surface area contributed by atoms with Crippen LogP contribution in [0.25, 0.3) is 0 Å². The van der Waals surface area contributed by atoms with Crippen LogP contribution in [0.15, 0.2) is 18.2 Å². The topological polar surface area (TPSA) is 17.1 Å². The van der Waals surface area contributed by atoms with Crippen molar-refractivity contribution in [2.24, 2.45) is 0 Å². The highest BCUT2D eigenvalue weighted by molar-refractivity contribution is 14.1. The van der Waals surface area contributed by atoms with E-state index in [1.165, 1.54) is 9.13 Å². The molecule has 0 heterocycles. The molecule has 1 aromatic carbocycles. The van der Waals surface area contributed by atoms with E-state index < -0.39 is 0 Å². The van der Waals surface area contributed by atoms with E-state index in [0.717, 1.165) is 18.3 Å². The van der Waals surface area contributed by atoms with Crippen LogP contribution in [0.5, 0.6) is 0 Å². The highest BCUT2D eigenvalue weighted by Crippen LogP contribution is 2.13. The Morgan fingerprint density at radius 1 is 1.50 bits per heavy atom. The second-order valence-corrected chi connectivity index (χ2v) is 3.48. The molecule has 1 aromatic rings. The number of aryl methyl sites for hydroxylation is 1. The predicted octanol–water partition coefficient (Wildman–Crippen LogP) is 3.28. The number of benzene rings is 1. The fourth-order valence-electron chi connectivity index (χ4n) is 0.924. The normalized spacial score (nSPS) is 8.83. The van der Waals surface area contributed by atoms with Crippen molar-refractivity contribution in [3.8, 4) is 0 Å². The molecular formula is C9H10I2O. The first-order valence-corrected chi connectivity index (χ1v) is 4.59. The molecule has 0 fully saturated rings. The third kappa shape index (κ3) is 3.01. The van der Waals surface area contributed by atoms with E-state index in [9.17, 15) is 4.79 Å². The first kappa shape index (κ1) is 12.3. The molecule has 0 unspecified atom stereocenters. The summed E-state index contributed by atoms with van der Waals surface area (Å²) in [6.07, 6.45) is 1.90. The third-order valence-corrected chi connectivity index (χ3v) is 2.60. The van der Waals surface area contributed by atoms with Crippen LogP contribution in [-0.4, -0.2) is 6.29 Å². The molecule has 0 aliphatic heterocycles. The summed E-state index contributed by atoms with van der Waals surface area (Å²) in [6, 6.07) is 5.77. The van der Waals surface area contributed by atoms with E-state index in [4.69, 9.17) is 0 Å². The van der Waals surface area contributed by atoms with E-state index in [2.05, 4.69) is 29.5 Å². The molecule has 0 saturated carbocycles. The van der Waals surface area contributed by atoms with Gasteiger partial charge in [-0.1, -0.05) is 19.1 Å². The van der Waals surface area contributed by atoms with Gasteiger partial charge in [0.15, 0.2) is 0 Å². The number of hydrogen-bond donors (Lipinski definition) is 0. The van der Waals surface area contributed by atoms with E-state index in [1.54, 1.807) is 0 Å². The summed E-state index contributed by atoms with van der Waals surface area (Å²) in [6.45, 7) is 2.11. The molecule has 0 saturated heterocycles. The van der Waals surface area contributed by atoms with Crippen molar-refractivity contribution in [2.45, 2.75) is 13.3 Å². The van der Waals surface area contributed by atoms with E-state index in [1.807, 2.05) is 18.2 Å². The van der Waals surface area contributed by atoms with Crippen molar-refractivity contribution >= 4 is 52.9 Å². The second kappa shape index (κ2) is 5.90. The molecule has 0 spiro atoms. The standard InChI is InChI=1S/C9H9IO.HI/c1-2-8-4-3-7(6-11)5-9(8)10;/h3-6H,2H2,1H3;1H. The Balaban J connectivity index is 0.00000121. The molecule has 0 N–H and O–H groups in total. The van der Waals surface area contributed by atoms with Gasteiger partial charge in [-0.25, -0.2) is 0 Å². The molecule has 1 nitrogen and oxygen atoms in total. The van der Waals surface area contributed by atoms with Crippen LogP contribution in [0, 0.1) is 3.57 Å². The Labute approximate surface area is 103 Å². The maximum atomic E-state index is 10.4. The van der Waals surface area contributed by atoms with Crippen molar-refractivity contribution in [3.63, 3.8) is 0 Å². The van der Waals surface area contributed by atoms with Crippen LogP contribution in [0.1, 0.15) is 22.8 Å². The fourth-order valence-corrected chi connectivity index (χ4v) is 1.84. The molecule has 0 aromatic heterocycles. The van der Waals surface area contributed by atoms with Crippen molar-refractivity contribution in [1.29, 1.82) is 0 Å². The summed E-state index contributed by atoms with van der Waals surface area (Å²) in [5.74, 6) is 0. The van der Waals surface area contributed by atoms with Gasteiger partial charge in [0, 0.05) is 9.13 Å². The molecule has 0 aliphatic carbocycles. The minimum atomic E-state index is 0. The van der Waals surface area contributed by atoms with Crippen molar-refractivity contribution in [1.82, 2.24) is 0 Å². The van der Waals surface area contributed by atoms with Gasteiger partial charge in [0.05, 0.1) is 0 Å². The Bertz CT molecular complexity index is 271. The van der Waals surface area contributed by atoms with Crippen molar-refractivity contribution in [3.05, 3.63) is 32.9 Å². The van der Waals surface area contributed by atoms with Gasteiger partial charge in [0.25, 0.3) is 0 Å². The lowest BCUT2D eigenvalue weighted by Crippen LogP contribution is -1.88. The molecule has 1 rings (SSSR count). The molecule has 0 bridgehead atoms. The Hall–Kier alpha value is 0.350. The first-order chi connectivity index (χ1) is 5.27. The minimum Gasteiger partial charge on any atom is -0.298 e. The summed E-state index contributed by atoms with van der Waals surface area (Å²) >= 11 is 2.25. The van der Waals surface area contributed by atoms with Crippen LogP contribution in [0.2, 0.25) is 0 Å². The lowest BCUT2D eigenvalue weighted by molar-refractivity contribution is 0.112. The maximum absolute atomic E-state index is 10.4. The zero-order valence-electron chi connectivity index (χ0n) is 6.71. The summed E-state index contributed by atoms with van der Waals surface area (Å²) in [4.78, 5) is 10.4. The lowest BCUT2D eigenvalue weighted by atomic mass is 10.1. The molecule has 0 aliphatic rings. The number of hydrogen-bond acceptors (Lipinski definition) is 1. The molecule has 3 heteroatoms. The Morgan fingerprint density at radius 2 is 2.17 bits per heavy atom. The quantitative estimate of drug-likeness (QED) is 0.562. The number of carbonyl (C=O) groups is 1. The molecule has 0 radical (unpaired) electrons. The van der Waals surface area contributed by atoms with Gasteiger partial charge in [0.1, 0.15) is 6.29 Å². The largest absolute Gasteiger partial charge is 0.298 e. The van der Waals surface area contributed by atoms with Gasteiger partial charge in [-0.15, -0.1) is 24.0 Å². The number of halogens is 2. The minimum absolute atomic E-state index is 0. The first-order valence-electron chi connectivity index (χ1n) is 3.51. The van der Waals surface area contributed by atoms with E-state index in [0.29, 0.717) is 0 Å². The Kier molecular flexibility index (Phi) is 6.08. The lowest BCUT2D eigenvalue weighted by Gasteiger charge is -2.00. The van der Waals surface area contributed by atoms with Crippen LogP contribution < -0.4 is 0 Å². The van der Waals surface area contributed by atoms with E-state index in [-0.39, 0.29) is 24.0 Å².